The van der Waals surface area contributed by atoms with Crippen LogP contribution in [0.5, 0.6) is 0 Å². The lowest BCUT2D eigenvalue weighted by Gasteiger charge is -2.05. The van der Waals surface area contributed by atoms with E-state index in [9.17, 15) is 9.59 Å². The van der Waals surface area contributed by atoms with E-state index in [1.165, 1.54) is 0 Å². The van der Waals surface area contributed by atoms with Crippen molar-refractivity contribution < 1.29 is 14.7 Å². The Hall–Kier alpha value is -1.06. The predicted molar refractivity (Wildman–Crippen MR) is 90.4 cm³/mol. The van der Waals surface area contributed by atoms with Gasteiger partial charge in [0.25, 0.3) is 0 Å². The lowest BCUT2D eigenvalue weighted by atomic mass is 10.0. The maximum absolute atomic E-state index is 10.9. The molecule has 0 radical (unpaired) electrons. The van der Waals surface area contributed by atoms with E-state index in [1.54, 1.807) is 0 Å². The second-order valence-corrected chi connectivity index (χ2v) is 7.33. The van der Waals surface area contributed by atoms with E-state index < -0.39 is 5.97 Å². The van der Waals surface area contributed by atoms with Crippen LogP contribution in [0.1, 0.15) is 81.1 Å². The Bertz CT molecular complexity index is 246. The smallest absolute Gasteiger partial charge is 0.303 e. The van der Waals surface area contributed by atoms with Crippen molar-refractivity contribution >= 4 is 11.9 Å². The number of carboxylic acid groups (broad SMARTS) is 1. The van der Waals surface area contributed by atoms with Crippen molar-refractivity contribution in [1.29, 1.82) is 0 Å². The standard InChI is InChI=1S/C8H15NO3.C5H12.C4H10/c1-2-6-9-7(10)4-3-5-8(11)12;1-5(2,3)4;1-4(2)3/h2-6H2,1H3,(H,9,10)(H,11,12);1-4H3;4H,1-3H3. The normalized spacial score (nSPS) is 9.95. The van der Waals surface area contributed by atoms with Crippen molar-refractivity contribution in [3.05, 3.63) is 0 Å². The first-order chi connectivity index (χ1) is 9.40. The zero-order valence-corrected chi connectivity index (χ0v) is 15.4. The van der Waals surface area contributed by atoms with Gasteiger partial charge in [-0.05, 0) is 24.2 Å². The van der Waals surface area contributed by atoms with E-state index in [-0.39, 0.29) is 12.3 Å². The van der Waals surface area contributed by atoms with Crippen LogP contribution in [-0.4, -0.2) is 23.5 Å². The SMILES string of the molecule is CC(C)(C)C.CC(C)C.CCCNC(=O)CCCC(=O)O. The molecule has 0 aromatic heterocycles. The fraction of sp³-hybridized carbons (Fsp3) is 0.882. The molecule has 0 saturated heterocycles. The van der Waals surface area contributed by atoms with Crippen molar-refractivity contribution in [2.75, 3.05) is 6.54 Å². The summed E-state index contributed by atoms with van der Waals surface area (Å²) >= 11 is 0. The molecule has 0 fully saturated rings. The zero-order chi connectivity index (χ0) is 17.5. The molecule has 21 heavy (non-hydrogen) atoms. The van der Waals surface area contributed by atoms with E-state index >= 15 is 0 Å². The first-order valence-corrected chi connectivity index (χ1v) is 7.88. The zero-order valence-electron chi connectivity index (χ0n) is 15.4. The molecule has 0 aliphatic carbocycles. The molecule has 0 aromatic rings. The molecule has 0 heterocycles. The lowest BCUT2D eigenvalue weighted by molar-refractivity contribution is -0.137. The summed E-state index contributed by atoms with van der Waals surface area (Å²) in [6.45, 7) is 17.9. The third-order valence-electron chi connectivity index (χ3n) is 1.37. The predicted octanol–water partition coefficient (Wildman–Crippen LogP) is 4.48. The van der Waals surface area contributed by atoms with E-state index in [0.717, 1.165) is 12.3 Å². The van der Waals surface area contributed by atoms with Gasteiger partial charge in [-0.1, -0.05) is 55.4 Å². The molecule has 0 aromatic carbocycles. The summed E-state index contributed by atoms with van der Waals surface area (Å²) in [6, 6.07) is 0. The van der Waals surface area contributed by atoms with Crippen molar-refractivity contribution in [2.45, 2.75) is 81.1 Å². The number of hydrogen-bond donors (Lipinski definition) is 2. The Morgan fingerprint density at radius 3 is 1.71 bits per heavy atom. The van der Waals surface area contributed by atoms with Gasteiger partial charge in [0.2, 0.25) is 5.91 Å². The fourth-order valence-corrected chi connectivity index (χ4v) is 0.753. The average molecular weight is 303 g/mol. The monoisotopic (exact) mass is 303 g/mol. The number of carbonyl (C=O) groups excluding carboxylic acids is 1. The van der Waals surface area contributed by atoms with Gasteiger partial charge in [0.15, 0.2) is 0 Å². The van der Waals surface area contributed by atoms with Crippen LogP contribution in [-0.2, 0) is 9.59 Å². The number of hydrogen-bond acceptors (Lipinski definition) is 2. The van der Waals surface area contributed by atoms with Gasteiger partial charge < -0.3 is 10.4 Å². The topological polar surface area (TPSA) is 66.4 Å². The van der Waals surface area contributed by atoms with Crippen LogP contribution in [0.4, 0.5) is 0 Å². The summed E-state index contributed by atoms with van der Waals surface area (Å²) in [4.78, 5) is 20.9. The van der Waals surface area contributed by atoms with Crippen molar-refractivity contribution in [3.63, 3.8) is 0 Å². The highest BCUT2D eigenvalue weighted by molar-refractivity contribution is 5.76. The molecule has 0 saturated carbocycles. The Labute approximate surface area is 131 Å². The van der Waals surface area contributed by atoms with Crippen LogP contribution in [0, 0.1) is 11.3 Å². The van der Waals surface area contributed by atoms with E-state index in [1.807, 2.05) is 6.92 Å². The van der Waals surface area contributed by atoms with Crippen LogP contribution in [0.2, 0.25) is 0 Å². The van der Waals surface area contributed by atoms with Gasteiger partial charge in [-0.15, -0.1) is 0 Å². The molecule has 0 aliphatic rings. The molecule has 1 amide bonds. The lowest BCUT2D eigenvalue weighted by Crippen LogP contribution is -2.23. The van der Waals surface area contributed by atoms with Crippen molar-refractivity contribution in [1.82, 2.24) is 5.32 Å². The largest absolute Gasteiger partial charge is 0.481 e. The first kappa shape index (κ1) is 24.9. The summed E-state index contributed by atoms with van der Waals surface area (Å²) in [6.07, 6.45) is 1.71. The molecule has 4 heteroatoms. The molecule has 0 spiro atoms. The third kappa shape index (κ3) is 68.0. The van der Waals surface area contributed by atoms with E-state index in [0.29, 0.717) is 24.8 Å². The van der Waals surface area contributed by atoms with Crippen LogP contribution in [0.3, 0.4) is 0 Å². The minimum atomic E-state index is -0.849. The van der Waals surface area contributed by atoms with Crippen LogP contribution >= 0.6 is 0 Å². The summed E-state index contributed by atoms with van der Waals surface area (Å²) in [5.41, 5.74) is 0.500. The maximum Gasteiger partial charge on any atom is 0.303 e. The number of carbonyl (C=O) groups is 2. The average Bonchev–Trinajstić information content (AvgIpc) is 2.22. The van der Waals surface area contributed by atoms with Gasteiger partial charge in [0, 0.05) is 19.4 Å². The van der Waals surface area contributed by atoms with Gasteiger partial charge in [-0.25, -0.2) is 0 Å². The number of amides is 1. The number of aliphatic carboxylic acids is 1. The first-order valence-electron chi connectivity index (χ1n) is 7.88. The quantitative estimate of drug-likeness (QED) is 0.760. The summed E-state index contributed by atoms with van der Waals surface area (Å²) in [5.74, 6) is -0.0728. The highest BCUT2D eigenvalue weighted by atomic mass is 16.4. The number of carboxylic acids is 1. The second kappa shape index (κ2) is 15.3. The van der Waals surface area contributed by atoms with Crippen molar-refractivity contribution in [2.24, 2.45) is 11.3 Å². The molecule has 2 N–H and O–H groups in total. The third-order valence-corrected chi connectivity index (χ3v) is 1.37. The summed E-state index contributed by atoms with van der Waals surface area (Å²) < 4.78 is 0. The number of nitrogens with one attached hydrogen (secondary N) is 1. The molecule has 4 nitrogen and oxygen atoms in total. The van der Waals surface area contributed by atoms with Gasteiger partial charge in [-0.3, -0.25) is 9.59 Å². The second-order valence-electron chi connectivity index (χ2n) is 7.33. The van der Waals surface area contributed by atoms with Gasteiger partial charge >= 0.3 is 5.97 Å². The van der Waals surface area contributed by atoms with Gasteiger partial charge in [0.05, 0.1) is 0 Å². The van der Waals surface area contributed by atoms with E-state index in [4.69, 9.17) is 5.11 Å². The number of rotatable bonds is 6. The molecular formula is C17H37NO3. The minimum Gasteiger partial charge on any atom is -0.481 e. The molecule has 0 bridgehead atoms. The minimum absolute atomic E-state index is 0.0573. The van der Waals surface area contributed by atoms with Crippen LogP contribution in [0.15, 0.2) is 0 Å². The molecule has 0 atom stereocenters. The Balaban J connectivity index is -0.000000297. The van der Waals surface area contributed by atoms with Gasteiger partial charge in [0.1, 0.15) is 0 Å². The molecule has 0 aliphatic heterocycles. The highest BCUT2D eigenvalue weighted by Gasteiger charge is 2.01. The van der Waals surface area contributed by atoms with Gasteiger partial charge in [-0.2, -0.15) is 0 Å². The van der Waals surface area contributed by atoms with Crippen LogP contribution in [0.25, 0.3) is 0 Å². The maximum atomic E-state index is 10.9. The highest BCUT2D eigenvalue weighted by Crippen LogP contribution is 2.08. The molecule has 0 rings (SSSR count). The molecule has 0 unspecified atom stereocenters. The van der Waals surface area contributed by atoms with E-state index in [2.05, 4.69) is 53.8 Å². The Morgan fingerprint density at radius 2 is 1.43 bits per heavy atom. The van der Waals surface area contributed by atoms with Crippen molar-refractivity contribution in [3.8, 4) is 0 Å². The summed E-state index contributed by atoms with van der Waals surface area (Å²) in [7, 11) is 0. The fourth-order valence-electron chi connectivity index (χ4n) is 0.753. The Morgan fingerprint density at radius 1 is 1.05 bits per heavy atom. The molecule has 128 valence electrons. The summed E-state index contributed by atoms with van der Waals surface area (Å²) in [5, 5.41) is 10.9. The molecular weight excluding hydrogens is 266 g/mol. The Kier molecular flexibility index (Phi) is 18.2. The van der Waals surface area contributed by atoms with Crippen LogP contribution < -0.4 is 5.32 Å².